The van der Waals surface area contributed by atoms with Gasteiger partial charge >= 0.3 is 0 Å². The van der Waals surface area contributed by atoms with Gasteiger partial charge < -0.3 is 9.64 Å². The molecule has 158 valence electrons. The molecule has 0 aliphatic carbocycles. The topological polar surface area (TPSA) is 66.9 Å². The molecule has 2 aromatic rings. The highest BCUT2D eigenvalue weighted by molar-refractivity contribution is 6.23. The van der Waals surface area contributed by atoms with Crippen molar-refractivity contribution in [3.63, 3.8) is 0 Å². The van der Waals surface area contributed by atoms with E-state index in [4.69, 9.17) is 4.74 Å². The Bertz CT molecular complexity index is 895. The average Bonchev–Trinajstić information content (AvgIpc) is 3.03. The Balaban J connectivity index is 1.83. The van der Waals surface area contributed by atoms with Crippen molar-refractivity contribution in [1.29, 1.82) is 0 Å². The van der Waals surface area contributed by atoms with E-state index < -0.39 is 6.04 Å². The number of imide groups is 1. The molecule has 1 heterocycles. The van der Waals surface area contributed by atoms with E-state index in [1.54, 1.807) is 29.2 Å². The number of carbonyl (C=O) groups is 3. The first kappa shape index (κ1) is 21.6. The van der Waals surface area contributed by atoms with E-state index in [0.29, 0.717) is 24.5 Å². The van der Waals surface area contributed by atoms with Crippen molar-refractivity contribution in [2.45, 2.75) is 52.1 Å². The quantitative estimate of drug-likeness (QED) is 0.626. The predicted octanol–water partition coefficient (Wildman–Crippen LogP) is 3.59. The van der Waals surface area contributed by atoms with E-state index in [0.717, 1.165) is 5.56 Å². The van der Waals surface area contributed by atoms with Crippen LogP contribution in [0.1, 0.15) is 39.2 Å². The van der Waals surface area contributed by atoms with Crippen LogP contribution in [-0.2, 0) is 20.8 Å². The zero-order valence-electron chi connectivity index (χ0n) is 17.7. The number of hydrogen-bond acceptors (Lipinski definition) is 4. The lowest BCUT2D eigenvalue weighted by Crippen LogP contribution is -2.50. The van der Waals surface area contributed by atoms with Crippen LogP contribution < -0.4 is 9.64 Å². The van der Waals surface area contributed by atoms with Gasteiger partial charge in [-0.1, -0.05) is 37.3 Å². The molecule has 1 aliphatic rings. The van der Waals surface area contributed by atoms with Gasteiger partial charge in [-0.25, -0.2) is 4.90 Å². The summed E-state index contributed by atoms with van der Waals surface area (Å²) >= 11 is 0. The van der Waals surface area contributed by atoms with Crippen molar-refractivity contribution >= 4 is 23.4 Å². The molecule has 0 saturated carbocycles. The van der Waals surface area contributed by atoms with Gasteiger partial charge in [0.25, 0.3) is 5.91 Å². The van der Waals surface area contributed by atoms with Gasteiger partial charge in [0.1, 0.15) is 11.8 Å². The van der Waals surface area contributed by atoms with Gasteiger partial charge in [-0.2, -0.15) is 0 Å². The first-order valence-electron chi connectivity index (χ1n) is 10.4. The summed E-state index contributed by atoms with van der Waals surface area (Å²) < 4.78 is 5.43. The van der Waals surface area contributed by atoms with E-state index >= 15 is 0 Å². The summed E-state index contributed by atoms with van der Waals surface area (Å²) in [5, 5.41) is 0. The summed E-state index contributed by atoms with van der Waals surface area (Å²) in [6.45, 7) is 6.32. The van der Waals surface area contributed by atoms with Crippen LogP contribution in [-0.4, -0.2) is 41.3 Å². The van der Waals surface area contributed by atoms with Gasteiger partial charge in [-0.15, -0.1) is 0 Å². The van der Waals surface area contributed by atoms with Crippen molar-refractivity contribution in [2.24, 2.45) is 0 Å². The van der Waals surface area contributed by atoms with Crippen molar-refractivity contribution in [2.75, 3.05) is 11.5 Å². The smallest absolute Gasteiger partial charge is 0.257 e. The Morgan fingerprint density at radius 3 is 2.37 bits per heavy atom. The normalized spacial score (nSPS) is 17.2. The lowest BCUT2D eigenvalue weighted by atomic mass is 10.1. The summed E-state index contributed by atoms with van der Waals surface area (Å²) in [4.78, 5) is 41.9. The molecule has 2 atom stereocenters. The maximum Gasteiger partial charge on any atom is 0.257 e. The minimum absolute atomic E-state index is 0.00306. The van der Waals surface area contributed by atoms with Crippen molar-refractivity contribution < 1.29 is 19.1 Å². The van der Waals surface area contributed by atoms with Gasteiger partial charge in [0.05, 0.1) is 25.1 Å². The molecule has 0 spiro atoms. The van der Waals surface area contributed by atoms with E-state index in [-0.39, 0.29) is 36.6 Å². The predicted molar refractivity (Wildman–Crippen MR) is 115 cm³/mol. The Morgan fingerprint density at radius 1 is 1.10 bits per heavy atom. The van der Waals surface area contributed by atoms with E-state index in [1.165, 1.54) is 4.90 Å². The van der Waals surface area contributed by atoms with Crippen LogP contribution in [0.4, 0.5) is 5.69 Å². The Kier molecular flexibility index (Phi) is 6.87. The summed E-state index contributed by atoms with van der Waals surface area (Å²) in [5.74, 6) is -0.118. The largest absolute Gasteiger partial charge is 0.494 e. The Morgan fingerprint density at radius 2 is 1.77 bits per heavy atom. The first-order valence-corrected chi connectivity index (χ1v) is 10.4. The van der Waals surface area contributed by atoms with Crippen molar-refractivity contribution in [1.82, 2.24) is 4.90 Å². The molecule has 6 nitrogen and oxygen atoms in total. The van der Waals surface area contributed by atoms with Crippen LogP contribution in [0.15, 0.2) is 54.6 Å². The van der Waals surface area contributed by atoms with Gasteiger partial charge in [0, 0.05) is 6.04 Å². The number of benzene rings is 2. The Labute approximate surface area is 177 Å². The monoisotopic (exact) mass is 408 g/mol. The molecular weight excluding hydrogens is 380 g/mol. The summed E-state index contributed by atoms with van der Waals surface area (Å²) in [6, 6.07) is 15.4. The molecule has 2 unspecified atom stereocenters. The van der Waals surface area contributed by atoms with Crippen LogP contribution in [0, 0.1) is 0 Å². The molecule has 2 aromatic carbocycles. The Hall–Kier alpha value is -3.15. The van der Waals surface area contributed by atoms with Crippen LogP contribution in [0.5, 0.6) is 5.75 Å². The van der Waals surface area contributed by atoms with Gasteiger partial charge in [-0.05, 0) is 50.1 Å². The average molecular weight is 408 g/mol. The molecule has 0 N–H and O–H groups in total. The third-order valence-electron chi connectivity index (χ3n) is 5.42. The SMILES string of the molecule is CCOc1ccc(N2C(=O)CC(N(C(=O)Cc3ccccc3)C(C)CC)C2=O)cc1. The maximum atomic E-state index is 13.2. The van der Waals surface area contributed by atoms with Crippen LogP contribution >= 0.6 is 0 Å². The third kappa shape index (κ3) is 4.53. The molecule has 0 aromatic heterocycles. The molecular formula is C24H28N2O4. The molecule has 3 amide bonds. The van der Waals surface area contributed by atoms with Crippen LogP contribution in [0.3, 0.4) is 0 Å². The van der Waals surface area contributed by atoms with Gasteiger partial charge in [0.15, 0.2) is 0 Å². The second-order valence-electron chi connectivity index (χ2n) is 7.43. The highest BCUT2D eigenvalue weighted by Gasteiger charge is 2.45. The van der Waals surface area contributed by atoms with E-state index in [9.17, 15) is 14.4 Å². The molecule has 1 saturated heterocycles. The zero-order valence-corrected chi connectivity index (χ0v) is 17.7. The van der Waals surface area contributed by atoms with Crippen LogP contribution in [0.2, 0.25) is 0 Å². The van der Waals surface area contributed by atoms with Gasteiger partial charge in [-0.3, -0.25) is 14.4 Å². The van der Waals surface area contributed by atoms with Crippen molar-refractivity contribution in [3.8, 4) is 5.75 Å². The summed E-state index contributed by atoms with van der Waals surface area (Å²) in [7, 11) is 0. The maximum absolute atomic E-state index is 13.2. The summed E-state index contributed by atoms with van der Waals surface area (Å²) in [5.41, 5.74) is 1.38. The fourth-order valence-corrected chi connectivity index (χ4v) is 3.75. The molecule has 3 rings (SSSR count). The fraction of sp³-hybridized carbons (Fsp3) is 0.375. The number of ether oxygens (including phenoxy) is 1. The second-order valence-corrected chi connectivity index (χ2v) is 7.43. The second kappa shape index (κ2) is 9.57. The number of amides is 3. The molecule has 1 aliphatic heterocycles. The first-order chi connectivity index (χ1) is 14.5. The van der Waals surface area contributed by atoms with E-state index in [2.05, 4.69) is 0 Å². The fourth-order valence-electron chi connectivity index (χ4n) is 3.75. The van der Waals surface area contributed by atoms with E-state index in [1.807, 2.05) is 51.1 Å². The molecule has 30 heavy (non-hydrogen) atoms. The molecule has 6 heteroatoms. The lowest BCUT2D eigenvalue weighted by Gasteiger charge is -2.33. The highest BCUT2D eigenvalue weighted by Crippen LogP contribution is 2.29. The zero-order chi connectivity index (χ0) is 21.7. The van der Waals surface area contributed by atoms with Crippen LogP contribution in [0.25, 0.3) is 0 Å². The minimum atomic E-state index is -0.782. The number of carbonyl (C=O) groups excluding carboxylic acids is 3. The number of rotatable bonds is 8. The van der Waals surface area contributed by atoms with Crippen molar-refractivity contribution in [3.05, 3.63) is 60.2 Å². The highest BCUT2D eigenvalue weighted by atomic mass is 16.5. The number of nitrogens with zero attached hydrogens (tertiary/aromatic N) is 2. The standard InChI is InChI=1S/C24H28N2O4/c1-4-17(3)25(22(27)15-18-9-7-6-8-10-18)21-16-23(28)26(24(21)29)19-11-13-20(14-12-19)30-5-2/h6-14,17,21H,4-5,15-16H2,1-3H3. The summed E-state index contributed by atoms with van der Waals surface area (Å²) in [6.07, 6.45) is 0.894. The number of anilines is 1. The number of hydrogen-bond donors (Lipinski definition) is 0. The molecule has 1 fully saturated rings. The molecule has 0 radical (unpaired) electrons. The minimum Gasteiger partial charge on any atom is -0.494 e. The molecule has 0 bridgehead atoms. The lowest BCUT2D eigenvalue weighted by molar-refractivity contribution is -0.140. The third-order valence-corrected chi connectivity index (χ3v) is 5.42. The van der Waals surface area contributed by atoms with Gasteiger partial charge in [0.2, 0.25) is 11.8 Å².